The van der Waals surface area contributed by atoms with Crippen LogP contribution in [0.25, 0.3) is 22.2 Å². The molecule has 1 N–H and O–H groups in total. The Balaban J connectivity index is 1.76. The zero-order valence-corrected chi connectivity index (χ0v) is 12.7. The maximum Gasteiger partial charge on any atom is 0.227 e. The minimum Gasteiger partial charge on any atom is -0.353 e. The Labute approximate surface area is 134 Å². The van der Waals surface area contributed by atoms with Gasteiger partial charge in [0, 0.05) is 24.9 Å². The van der Waals surface area contributed by atoms with Crippen LogP contribution in [-0.2, 0) is 11.2 Å². The molecule has 0 aliphatic heterocycles. The zero-order valence-electron chi connectivity index (χ0n) is 12.7. The van der Waals surface area contributed by atoms with E-state index in [4.69, 9.17) is 4.52 Å². The fraction of sp³-hybridized carbons (Fsp3) is 0.167. The van der Waals surface area contributed by atoms with Crippen LogP contribution in [0.2, 0.25) is 0 Å². The minimum atomic E-state index is -0.0604. The van der Waals surface area contributed by atoms with Gasteiger partial charge in [0.15, 0.2) is 0 Å². The fourth-order valence-corrected chi connectivity index (χ4v) is 2.38. The van der Waals surface area contributed by atoms with Crippen LogP contribution in [0, 0.1) is 0 Å². The molecule has 23 heavy (non-hydrogen) atoms. The second-order valence-corrected chi connectivity index (χ2v) is 5.13. The lowest BCUT2D eigenvalue weighted by molar-refractivity contribution is -0.120. The molecule has 5 heteroatoms. The molecule has 0 bridgehead atoms. The van der Waals surface area contributed by atoms with Crippen LogP contribution < -0.4 is 5.32 Å². The number of carbonyl (C=O) groups is 1. The highest BCUT2D eigenvalue weighted by Gasteiger charge is 2.12. The fourth-order valence-electron chi connectivity index (χ4n) is 2.38. The third-order valence-corrected chi connectivity index (χ3v) is 3.51. The lowest BCUT2D eigenvalue weighted by atomic mass is 10.0. The van der Waals surface area contributed by atoms with Crippen molar-refractivity contribution in [2.75, 3.05) is 6.54 Å². The number of nitrogens with one attached hydrogen (secondary N) is 1. The monoisotopic (exact) mass is 307 g/mol. The van der Waals surface area contributed by atoms with Crippen molar-refractivity contribution in [1.29, 1.82) is 0 Å². The first-order valence-electron chi connectivity index (χ1n) is 7.46. The zero-order chi connectivity index (χ0) is 16.1. The molecule has 2 aromatic carbocycles. The van der Waals surface area contributed by atoms with Gasteiger partial charge in [0.1, 0.15) is 0 Å². The quantitative estimate of drug-likeness (QED) is 0.710. The normalized spacial score (nSPS) is 10.6. The van der Waals surface area contributed by atoms with Crippen molar-refractivity contribution in [3.63, 3.8) is 0 Å². The van der Waals surface area contributed by atoms with E-state index in [-0.39, 0.29) is 5.91 Å². The average molecular weight is 307 g/mol. The highest BCUT2D eigenvalue weighted by molar-refractivity contribution is 5.94. The van der Waals surface area contributed by atoms with Crippen molar-refractivity contribution in [1.82, 2.24) is 15.5 Å². The molecule has 0 saturated carbocycles. The largest absolute Gasteiger partial charge is 0.353 e. The predicted molar refractivity (Wildman–Crippen MR) is 88.8 cm³/mol. The van der Waals surface area contributed by atoms with Gasteiger partial charge in [0.2, 0.25) is 17.6 Å². The second kappa shape index (κ2) is 6.87. The Bertz CT molecular complexity index is 834. The highest BCUT2D eigenvalue weighted by Crippen LogP contribution is 2.26. The van der Waals surface area contributed by atoms with Gasteiger partial charge in [0.05, 0.1) is 0 Å². The molecule has 3 aromatic rings. The Hall–Kier alpha value is -2.95. The molecule has 0 aliphatic carbocycles. The number of nitrogens with zero attached hydrogens (tertiary/aromatic N) is 2. The summed E-state index contributed by atoms with van der Waals surface area (Å²) in [4.78, 5) is 16.0. The standard InChI is InChI=1S/C18H17N3O2/c1-2-12-19-16(22)10-11-17-20-18(21-23-17)15-9-5-7-13-6-3-4-8-14(13)15/h2-9H,1,10-12H2,(H,19,22). The molecule has 5 nitrogen and oxygen atoms in total. The summed E-state index contributed by atoms with van der Waals surface area (Å²) in [6.45, 7) is 4.02. The SMILES string of the molecule is C=CCNC(=O)CCc1nc(-c2cccc3ccccc23)no1. The molecule has 1 heterocycles. The molecule has 0 aliphatic rings. The Kier molecular flexibility index (Phi) is 4.47. The van der Waals surface area contributed by atoms with Crippen molar-refractivity contribution >= 4 is 16.7 Å². The van der Waals surface area contributed by atoms with Crippen LogP contribution >= 0.6 is 0 Å². The highest BCUT2D eigenvalue weighted by atomic mass is 16.5. The van der Waals surface area contributed by atoms with E-state index >= 15 is 0 Å². The third-order valence-electron chi connectivity index (χ3n) is 3.51. The van der Waals surface area contributed by atoms with E-state index in [9.17, 15) is 4.79 Å². The van der Waals surface area contributed by atoms with E-state index in [1.165, 1.54) is 0 Å². The number of benzene rings is 2. The minimum absolute atomic E-state index is 0.0604. The number of carbonyl (C=O) groups excluding carboxylic acids is 1. The van der Waals surface area contributed by atoms with E-state index in [1.807, 2.05) is 42.5 Å². The van der Waals surface area contributed by atoms with Gasteiger partial charge >= 0.3 is 0 Å². The van der Waals surface area contributed by atoms with E-state index in [1.54, 1.807) is 6.08 Å². The summed E-state index contributed by atoms with van der Waals surface area (Å²) in [6, 6.07) is 14.0. The van der Waals surface area contributed by atoms with Gasteiger partial charge < -0.3 is 9.84 Å². The van der Waals surface area contributed by atoms with Gasteiger partial charge in [-0.25, -0.2) is 0 Å². The van der Waals surface area contributed by atoms with E-state index in [0.717, 1.165) is 16.3 Å². The van der Waals surface area contributed by atoms with E-state index in [2.05, 4.69) is 22.0 Å². The molecule has 1 amide bonds. The number of hydrogen-bond acceptors (Lipinski definition) is 4. The van der Waals surface area contributed by atoms with Gasteiger partial charge in [0.25, 0.3) is 0 Å². The first-order valence-corrected chi connectivity index (χ1v) is 7.46. The summed E-state index contributed by atoms with van der Waals surface area (Å²) in [6.07, 6.45) is 2.37. The van der Waals surface area contributed by atoms with Crippen LogP contribution in [0.1, 0.15) is 12.3 Å². The number of hydrogen-bond donors (Lipinski definition) is 1. The molecule has 116 valence electrons. The van der Waals surface area contributed by atoms with E-state index < -0.39 is 0 Å². The van der Waals surface area contributed by atoms with E-state index in [0.29, 0.717) is 31.1 Å². The molecule has 0 unspecified atom stereocenters. The molecule has 0 radical (unpaired) electrons. The van der Waals surface area contributed by atoms with Crippen molar-refractivity contribution in [3.8, 4) is 11.4 Å². The molecule has 0 fully saturated rings. The Morgan fingerprint density at radius 3 is 2.91 bits per heavy atom. The molecular formula is C18H17N3O2. The average Bonchev–Trinajstić information content (AvgIpc) is 3.06. The van der Waals surface area contributed by atoms with Crippen molar-refractivity contribution < 1.29 is 9.32 Å². The summed E-state index contributed by atoms with van der Waals surface area (Å²) in [7, 11) is 0. The van der Waals surface area contributed by atoms with Gasteiger partial charge in [-0.05, 0) is 10.8 Å². The Morgan fingerprint density at radius 1 is 1.22 bits per heavy atom. The molecule has 0 spiro atoms. The van der Waals surface area contributed by atoms with Crippen molar-refractivity contribution in [3.05, 3.63) is 61.0 Å². The summed E-state index contributed by atoms with van der Waals surface area (Å²) in [5, 5.41) is 8.96. The van der Waals surface area contributed by atoms with Gasteiger partial charge in [-0.2, -0.15) is 4.98 Å². The Morgan fingerprint density at radius 2 is 2.04 bits per heavy atom. The topological polar surface area (TPSA) is 68.0 Å². The summed E-state index contributed by atoms with van der Waals surface area (Å²) in [5.41, 5.74) is 0.925. The molecule has 1 aromatic heterocycles. The van der Waals surface area contributed by atoms with Crippen LogP contribution in [0.5, 0.6) is 0 Å². The van der Waals surface area contributed by atoms with Crippen LogP contribution in [0.3, 0.4) is 0 Å². The smallest absolute Gasteiger partial charge is 0.227 e. The number of aryl methyl sites for hydroxylation is 1. The molecule has 0 atom stereocenters. The number of fused-ring (bicyclic) bond motifs is 1. The first kappa shape index (κ1) is 15.0. The van der Waals surface area contributed by atoms with Crippen LogP contribution in [0.4, 0.5) is 0 Å². The maximum atomic E-state index is 11.6. The van der Waals surface area contributed by atoms with Crippen molar-refractivity contribution in [2.45, 2.75) is 12.8 Å². The molecular weight excluding hydrogens is 290 g/mol. The lowest BCUT2D eigenvalue weighted by Crippen LogP contribution is -2.23. The van der Waals surface area contributed by atoms with Gasteiger partial charge in [-0.3, -0.25) is 4.79 Å². The lowest BCUT2D eigenvalue weighted by Gasteiger charge is -2.01. The predicted octanol–water partition coefficient (Wildman–Crippen LogP) is 3.12. The van der Waals surface area contributed by atoms with Gasteiger partial charge in [-0.15, -0.1) is 6.58 Å². The maximum absolute atomic E-state index is 11.6. The second-order valence-electron chi connectivity index (χ2n) is 5.13. The third kappa shape index (κ3) is 3.45. The number of rotatable bonds is 6. The van der Waals surface area contributed by atoms with Crippen LogP contribution in [0.15, 0.2) is 59.6 Å². The number of amides is 1. The summed E-state index contributed by atoms with van der Waals surface area (Å²) < 4.78 is 5.26. The molecule has 3 rings (SSSR count). The summed E-state index contributed by atoms with van der Waals surface area (Å²) >= 11 is 0. The first-order chi connectivity index (χ1) is 11.3. The van der Waals surface area contributed by atoms with Crippen LogP contribution in [-0.4, -0.2) is 22.6 Å². The molecule has 0 saturated heterocycles. The number of aromatic nitrogens is 2. The summed E-state index contributed by atoms with van der Waals surface area (Å²) in [5.74, 6) is 0.944. The van der Waals surface area contributed by atoms with Crippen molar-refractivity contribution in [2.24, 2.45) is 0 Å². The van der Waals surface area contributed by atoms with Gasteiger partial charge in [-0.1, -0.05) is 53.7 Å².